The molecule has 38 heavy (non-hydrogen) atoms. The third-order valence-corrected chi connectivity index (χ3v) is 7.64. The molecule has 0 spiro atoms. The monoisotopic (exact) mass is 521 g/mol. The quantitative estimate of drug-likeness (QED) is 0.343. The average molecular weight is 522 g/mol. The Labute approximate surface area is 223 Å². The molecule has 2 aliphatic rings. The van der Waals surface area contributed by atoms with E-state index in [0.717, 1.165) is 75.2 Å². The molecule has 1 saturated heterocycles. The highest BCUT2D eigenvalue weighted by Gasteiger charge is 2.31. The van der Waals surface area contributed by atoms with Gasteiger partial charge in [0.1, 0.15) is 16.8 Å². The van der Waals surface area contributed by atoms with Crippen LogP contribution in [-0.4, -0.2) is 74.9 Å². The Morgan fingerprint density at radius 3 is 2.66 bits per heavy atom. The molecule has 11 heteroatoms. The number of aromatic nitrogens is 4. The van der Waals surface area contributed by atoms with Crippen LogP contribution in [0.1, 0.15) is 50.2 Å². The Morgan fingerprint density at radius 2 is 1.97 bits per heavy atom. The lowest BCUT2D eigenvalue weighted by Crippen LogP contribution is -2.50. The summed E-state index contributed by atoms with van der Waals surface area (Å²) in [5.74, 6) is 2.19. The van der Waals surface area contributed by atoms with Crippen LogP contribution >= 0.6 is 0 Å². The second-order valence-electron chi connectivity index (χ2n) is 10.4. The number of nitrogens with two attached hydrogens (primary N) is 2. The van der Waals surface area contributed by atoms with Gasteiger partial charge in [0.2, 0.25) is 11.9 Å². The summed E-state index contributed by atoms with van der Waals surface area (Å²) in [6.45, 7) is 6.79. The van der Waals surface area contributed by atoms with Crippen LogP contribution in [0.3, 0.4) is 0 Å². The Bertz CT molecular complexity index is 1260. The van der Waals surface area contributed by atoms with Gasteiger partial charge in [-0.3, -0.25) is 14.4 Å². The number of benzene rings is 1. The molecule has 0 radical (unpaired) electrons. The number of anilines is 2. The predicted molar refractivity (Wildman–Crippen MR) is 148 cm³/mol. The second kappa shape index (κ2) is 11.5. The van der Waals surface area contributed by atoms with Crippen molar-refractivity contribution in [2.24, 2.45) is 11.7 Å². The van der Waals surface area contributed by atoms with Crippen molar-refractivity contribution < 1.29 is 9.53 Å². The average Bonchev–Trinajstić information content (AvgIpc) is 3.26. The number of piperazine rings is 1. The molecule has 5 N–H and O–H groups in total. The molecule has 1 aliphatic heterocycles. The van der Waals surface area contributed by atoms with Crippen molar-refractivity contribution in [3.05, 3.63) is 35.5 Å². The Morgan fingerprint density at radius 1 is 1.18 bits per heavy atom. The van der Waals surface area contributed by atoms with Crippen molar-refractivity contribution in [3.63, 3.8) is 0 Å². The van der Waals surface area contributed by atoms with Gasteiger partial charge in [-0.15, -0.1) is 0 Å². The van der Waals surface area contributed by atoms with E-state index in [1.807, 2.05) is 9.58 Å². The SMILES string of the molecule is CCCC(N)Nc1nc(N)nc2cnn(Cc3ccc(CN4CCN(C(=O)C5CCC5)CC4)cc3OC)c12. The maximum atomic E-state index is 12.6. The second-order valence-corrected chi connectivity index (χ2v) is 10.4. The fourth-order valence-electron chi connectivity index (χ4n) is 5.27. The van der Waals surface area contributed by atoms with Gasteiger partial charge >= 0.3 is 0 Å². The van der Waals surface area contributed by atoms with Gasteiger partial charge in [-0.1, -0.05) is 31.9 Å². The van der Waals surface area contributed by atoms with Crippen LogP contribution in [0, 0.1) is 5.92 Å². The lowest BCUT2D eigenvalue weighted by atomic mass is 9.84. The number of rotatable bonds is 10. The summed E-state index contributed by atoms with van der Waals surface area (Å²) in [6.07, 6.45) is 6.52. The Balaban J connectivity index is 1.27. The molecular formula is C27H39N9O2. The fraction of sp³-hybridized carbons (Fsp3) is 0.556. The van der Waals surface area contributed by atoms with Crippen LogP contribution in [0.15, 0.2) is 24.4 Å². The van der Waals surface area contributed by atoms with E-state index in [4.69, 9.17) is 16.2 Å². The topological polar surface area (TPSA) is 140 Å². The smallest absolute Gasteiger partial charge is 0.225 e. The van der Waals surface area contributed by atoms with Crippen molar-refractivity contribution in [1.29, 1.82) is 0 Å². The maximum Gasteiger partial charge on any atom is 0.225 e. The van der Waals surface area contributed by atoms with Crippen molar-refractivity contribution in [2.45, 2.75) is 58.3 Å². The molecule has 0 bridgehead atoms. The third kappa shape index (κ3) is 5.68. The van der Waals surface area contributed by atoms with Crippen molar-refractivity contribution in [1.82, 2.24) is 29.5 Å². The first-order chi connectivity index (χ1) is 18.4. The maximum absolute atomic E-state index is 12.6. The van der Waals surface area contributed by atoms with Gasteiger partial charge in [0.05, 0.1) is 26.0 Å². The molecule has 1 aromatic carbocycles. The van der Waals surface area contributed by atoms with E-state index in [1.165, 1.54) is 12.0 Å². The molecule has 2 aromatic heterocycles. The number of ether oxygens (including phenoxy) is 1. The number of nitrogen functional groups attached to an aromatic ring is 1. The molecular weight excluding hydrogens is 482 g/mol. The molecule has 1 saturated carbocycles. The number of carbonyl (C=O) groups excluding carboxylic acids is 1. The molecule has 204 valence electrons. The number of hydrogen-bond donors (Lipinski definition) is 3. The van der Waals surface area contributed by atoms with Gasteiger partial charge in [-0.2, -0.15) is 10.1 Å². The first-order valence-electron chi connectivity index (χ1n) is 13.6. The van der Waals surface area contributed by atoms with Crippen LogP contribution in [0.25, 0.3) is 11.0 Å². The number of fused-ring (bicyclic) bond motifs is 1. The van der Waals surface area contributed by atoms with Gasteiger partial charge in [-0.25, -0.2) is 4.98 Å². The summed E-state index contributed by atoms with van der Waals surface area (Å²) < 4.78 is 7.63. The van der Waals surface area contributed by atoms with Gasteiger partial charge in [0.15, 0.2) is 5.82 Å². The van der Waals surface area contributed by atoms with E-state index in [1.54, 1.807) is 13.3 Å². The number of nitrogens with zero attached hydrogens (tertiary/aromatic N) is 6. The molecule has 1 atom stereocenters. The van der Waals surface area contributed by atoms with Crippen LogP contribution in [0.2, 0.25) is 0 Å². The first-order valence-corrected chi connectivity index (χ1v) is 13.6. The van der Waals surface area contributed by atoms with E-state index < -0.39 is 0 Å². The summed E-state index contributed by atoms with van der Waals surface area (Å²) in [6, 6.07) is 6.32. The summed E-state index contributed by atoms with van der Waals surface area (Å²) in [4.78, 5) is 25.8. The van der Waals surface area contributed by atoms with Crippen LogP contribution in [0.5, 0.6) is 5.75 Å². The lowest BCUT2D eigenvalue weighted by Gasteiger charge is -2.38. The standard InChI is InChI=1S/C27H39N9O2/c1-3-5-23(28)32-25-24-21(31-27(29)33-25)15-30-36(24)17-20-9-8-18(14-22(20)38-2)16-34-10-12-35(13-11-34)26(37)19-6-4-7-19/h8-9,14-15,19,23H,3-7,10-13,16-17,28H2,1-2H3,(H3,29,31,32,33). The minimum Gasteiger partial charge on any atom is -0.496 e. The zero-order chi connectivity index (χ0) is 26.6. The predicted octanol–water partition coefficient (Wildman–Crippen LogP) is 2.41. The molecule has 5 rings (SSSR count). The highest BCUT2D eigenvalue weighted by atomic mass is 16.5. The molecule has 1 amide bonds. The first kappa shape index (κ1) is 26.2. The van der Waals surface area contributed by atoms with E-state index >= 15 is 0 Å². The largest absolute Gasteiger partial charge is 0.496 e. The summed E-state index contributed by atoms with van der Waals surface area (Å²) in [7, 11) is 1.69. The van der Waals surface area contributed by atoms with E-state index in [0.29, 0.717) is 23.8 Å². The fourth-order valence-corrected chi connectivity index (χ4v) is 5.27. The van der Waals surface area contributed by atoms with Crippen molar-refractivity contribution in [3.8, 4) is 5.75 Å². The number of carbonyl (C=O) groups is 1. The highest BCUT2D eigenvalue weighted by Crippen LogP contribution is 2.29. The van der Waals surface area contributed by atoms with Gasteiger partial charge in [0.25, 0.3) is 0 Å². The Hall–Kier alpha value is -3.44. The lowest BCUT2D eigenvalue weighted by molar-refractivity contribution is -0.140. The van der Waals surface area contributed by atoms with Crippen LogP contribution in [0.4, 0.5) is 11.8 Å². The van der Waals surface area contributed by atoms with Crippen molar-refractivity contribution >= 4 is 28.7 Å². The summed E-state index contributed by atoms with van der Waals surface area (Å²) in [5.41, 5.74) is 15.8. The van der Waals surface area contributed by atoms with E-state index in [-0.39, 0.29) is 18.0 Å². The van der Waals surface area contributed by atoms with E-state index in [2.05, 4.69) is 50.4 Å². The van der Waals surface area contributed by atoms with Crippen LogP contribution in [-0.2, 0) is 17.9 Å². The highest BCUT2D eigenvalue weighted by molar-refractivity contribution is 5.86. The van der Waals surface area contributed by atoms with E-state index in [9.17, 15) is 4.79 Å². The van der Waals surface area contributed by atoms with Gasteiger partial charge in [-0.05, 0) is 30.9 Å². The molecule has 1 aliphatic carbocycles. The molecule has 1 unspecified atom stereocenters. The van der Waals surface area contributed by atoms with Gasteiger partial charge < -0.3 is 26.4 Å². The number of methoxy groups -OCH3 is 1. The molecule has 11 nitrogen and oxygen atoms in total. The molecule has 2 fully saturated rings. The summed E-state index contributed by atoms with van der Waals surface area (Å²) in [5, 5.41) is 7.83. The molecule has 3 heterocycles. The minimum atomic E-state index is -0.243. The number of nitrogens with one attached hydrogen (secondary N) is 1. The normalized spacial score (nSPS) is 17.4. The summed E-state index contributed by atoms with van der Waals surface area (Å²) >= 11 is 0. The Kier molecular flexibility index (Phi) is 7.94. The van der Waals surface area contributed by atoms with Crippen LogP contribution < -0.4 is 21.5 Å². The number of amides is 1. The van der Waals surface area contributed by atoms with Crippen molar-refractivity contribution in [2.75, 3.05) is 44.3 Å². The minimum absolute atomic E-state index is 0.179. The number of hydrogen-bond acceptors (Lipinski definition) is 9. The molecule has 3 aromatic rings. The zero-order valence-corrected chi connectivity index (χ0v) is 22.4. The van der Waals surface area contributed by atoms with Gasteiger partial charge in [0, 0.05) is 44.2 Å². The zero-order valence-electron chi connectivity index (χ0n) is 22.4. The third-order valence-electron chi connectivity index (χ3n) is 7.64.